The summed E-state index contributed by atoms with van der Waals surface area (Å²) >= 11 is 0. The number of hydrogen-bond acceptors (Lipinski definition) is 3. The van der Waals surface area contributed by atoms with E-state index >= 15 is 0 Å². The molecule has 0 bridgehead atoms. The fourth-order valence-electron chi connectivity index (χ4n) is 1.48. The molecule has 0 atom stereocenters. The van der Waals surface area contributed by atoms with Crippen molar-refractivity contribution in [2.24, 2.45) is 5.73 Å². The van der Waals surface area contributed by atoms with E-state index in [2.05, 4.69) is 6.58 Å². The van der Waals surface area contributed by atoms with Gasteiger partial charge in [-0.05, 0) is 18.1 Å². The molecule has 0 spiro atoms. The van der Waals surface area contributed by atoms with Crippen LogP contribution < -0.4 is 5.73 Å². The lowest BCUT2D eigenvalue weighted by Crippen LogP contribution is -2.09. The van der Waals surface area contributed by atoms with Gasteiger partial charge in [-0.3, -0.25) is 9.59 Å². The van der Waals surface area contributed by atoms with Gasteiger partial charge in [-0.15, -0.1) is 0 Å². The van der Waals surface area contributed by atoms with Crippen LogP contribution in [0, 0.1) is 0 Å². The van der Waals surface area contributed by atoms with Crippen LogP contribution >= 0.6 is 0 Å². The molecule has 0 fully saturated rings. The van der Waals surface area contributed by atoms with E-state index < -0.39 is 0 Å². The Balaban J connectivity index is 2.96. The van der Waals surface area contributed by atoms with Crippen LogP contribution in [0.1, 0.15) is 24.5 Å². The number of Topliss-reactive ketones (excluding diaryl/α,β-unsaturated/α-hetero) is 2. The van der Waals surface area contributed by atoms with Gasteiger partial charge in [0.2, 0.25) is 0 Å². The monoisotopic (exact) mass is 217 g/mol. The quantitative estimate of drug-likeness (QED) is 0.603. The summed E-state index contributed by atoms with van der Waals surface area (Å²) in [5.74, 6) is -0.398. The van der Waals surface area contributed by atoms with E-state index in [1.165, 1.54) is 6.92 Å². The summed E-state index contributed by atoms with van der Waals surface area (Å²) in [6, 6.07) is 7.32. The summed E-state index contributed by atoms with van der Waals surface area (Å²) in [5, 5.41) is 0. The van der Waals surface area contributed by atoms with E-state index in [0.29, 0.717) is 12.1 Å². The van der Waals surface area contributed by atoms with Crippen molar-refractivity contribution in [1.29, 1.82) is 0 Å². The predicted octanol–water partition coefficient (Wildman–Crippen LogP) is 1.71. The zero-order valence-electron chi connectivity index (χ0n) is 9.32. The average Bonchev–Trinajstić information content (AvgIpc) is 2.27. The first kappa shape index (κ1) is 12.3. The molecule has 1 aromatic rings. The minimum Gasteiger partial charge on any atom is -0.326 e. The average molecular weight is 217 g/mol. The second-order valence-corrected chi connectivity index (χ2v) is 3.64. The molecule has 0 saturated heterocycles. The fourth-order valence-corrected chi connectivity index (χ4v) is 1.48. The maximum Gasteiger partial charge on any atom is 0.170 e. The molecule has 0 aliphatic heterocycles. The molecular weight excluding hydrogens is 202 g/mol. The molecule has 0 radical (unpaired) electrons. The lowest BCUT2D eigenvalue weighted by atomic mass is 9.96. The van der Waals surface area contributed by atoms with E-state index in [1.54, 1.807) is 6.07 Å². The topological polar surface area (TPSA) is 60.2 Å². The second kappa shape index (κ2) is 5.37. The van der Waals surface area contributed by atoms with Crippen LogP contribution in [0.4, 0.5) is 0 Å². The summed E-state index contributed by atoms with van der Waals surface area (Å²) in [5.41, 5.74) is 7.53. The predicted molar refractivity (Wildman–Crippen MR) is 63.7 cm³/mol. The van der Waals surface area contributed by atoms with Gasteiger partial charge in [0.1, 0.15) is 5.78 Å². The summed E-state index contributed by atoms with van der Waals surface area (Å²) < 4.78 is 0. The van der Waals surface area contributed by atoms with Gasteiger partial charge in [-0.2, -0.15) is 0 Å². The van der Waals surface area contributed by atoms with Crippen LogP contribution in [0.5, 0.6) is 0 Å². The summed E-state index contributed by atoms with van der Waals surface area (Å²) in [4.78, 5) is 22.5. The maximum absolute atomic E-state index is 11.7. The van der Waals surface area contributed by atoms with Crippen molar-refractivity contribution in [3.05, 3.63) is 42.0 Å². The molecule has 2 N–H and O–H groups in total. The Morgan fingerprint density at radius 1 is 1.31 bits per heavy atom. The van der Waals surface area contributed by atoms with E-state index in [4.69, 9.17) is 5.73 Å². The van der Waals surface area contributed by atoms with Crippen LogP contribution in [0.15, 0.2) is 30.8 Å². The minimum atomic E-state index is -0.242. The number of allylic oxidation sites excluding steroid dienone is 1. The third-order valence-corrected chi connectivity index (χ3v) is 2.31. The van der Waals surface area contributed by atoms with Gasteiger partial charge in [0.25, 0.3) is 0 Å². The summed E-state index contributed by atoms with van der Waals surface area (Å²) in [6.07, 6.45) is -0.0995. The van der Waals surface area contributed by atoms with E-state index in [0.717, 1.165) is 11.1 Å². The van der Waals surface area contributed by atoms with Gasteiger partial charge in [-0.1, -0.05) is 30.8 Å². The lowest BCUT2D eigenvalue weighted by Gasteiger charge is -2.08. The summed E-state index contributed by atoms with van der Waals surface area (Å²) in [6.45, 7) is 5.47. The van der Waals surface area contributed by atoms with Crippen molar-refractivity contribution in [2.75, 3.05) is 0 Å². The largest absolute Gasteiger partial charge is 0.326 e. The Morgan fingerprint density at radius 2 is 1.94 bits per heavy atom. The molecule has 1 aromatic carbocycles. The van der Waals surface area contributed by atoms with E-state index in [1.807, 2.05) is 18.2 Å². The Hall–Kier alpha value is -1.74. The van der Waals surface area contributed by atoms with Crippen molar-refractivity contribution in [3.8, 4) is 0 Å². The minimum absolute atomic E-state index is 0.0995. The first-order chi connectivity index (χ1) is 7.56. The number of benzene rings is 1. The molecule has 1 rings (SSSR count). The SMILES string of the molecule is C=C(C(=O)CC(C)=O)c1ccccc1CN. The fraction of sp³-hybridized carbons (Fsp3) is 0.231. The van der Waals surface area contributed by atoms with Crippen LogP contribution in [0.2, 0.25) is 0 Å². The van der Waals surface area contributed by atoms with Gasteiger partial charge in [0, 0.05) is 12.1 Å². The van der Waals surface area contributed by atoms with Gasteiger partial charge in [0.05, 0.1) is 6.42 Å². The molecule has 0 heterocycles. The highest BCUT2D eigenvalue weighted by molar-refractivity contribution is 6.25. The second-order valence-electron chi connectivity index (χ2n) is 3.64. The van der Waals surface area contributed by atoms with Gasteiger partial charge in [0.15, 0.2) is 5.78 Å². The van der Waals surface area contributed by atoms with Gasteiger partial charge >= 0.3 is 0 Å². The molecule has 0 saturated carbocycles. The number of rotatable bonds is 5. The van der Waals surface area contributed by atoms with Crippen molar-refractivity contribution in [2.45, 2.75) is 19.9 Å². The highest BCUT2D eigenvalue weighted by Crippen LogP contribution is 2.19. The molecule has 0 aliphatic carbocycles. The number of carbonyl (C=O) groups excluding carboxylic acids is 2. The van der Waals surface area contributed by atoms with Crippen LogP contribution in [0.3, 0.4) is 0 Å². The normalized spacial score (nSPS) is 9.88. The number of ketones is 2. The Labute approximate surface area is 95.0 Å². The highest BCUT2D eigenvalue weighted by atomic mass is 16.1. The summed E-state index contributed by atoms with van der Waals surface area (Å²) in [7, 11) is 0. The lowest BCUT2D eigenvalue weighted by molar-refractivity contribution is -0.122. The molecule has 3 nitrogen and oxygen atoms in total. The number of carbonyl (C=O) groups is 2. The number of hydrogen-bond donors (Lipinski definition) is 1. The highest BCUT2D eigenvalue weighted by Gasteiger charge is 2.13. The Bertz CT molecular complexity index is 435. The smallest absolute Gasteiger partial charge is 0.170 e. The van der Waals surface area contributed by atoms with Crippen LogP contribution in [-0.4, -0.2) is 11.6 Å². The first-order valence-electron chi connectivity index (χ1n) is 5.06. The van der Waals surface area contributed by atoms with Crippen molar-refractivity contribution < 1.29 is 9.59 Å². The standard InChI is InChI=1S/C13H15NO2/c1-9(15)7-13(16)10(2)12-6-4-3-5-11(12)8-14/h3-6H,2,7-8,14H2,1H3. The first-order valence-corrected chi connectivity index (χ1v) is 5.06. The third-order valence-electron chi connectivity index (χ3n) is 2.31. The Kier molecular flexibility index (Phi) is 4.14. The van der Waals surface area contributed by atoms with Crippen molar-refractivity contribution in [3.63, 3.8) is 0 Å². The van der Waals surface area contributed by atoms with Gasteiger partial charge < -0.3 is 5.73 Å². The molecule has 0 aromatic heterocycles. The molecule has 0 amide bonds. The van der Waals surface area contributed by atoms with E-state index in [-0.39, 0.29) is 18.0 Å². The molecular formula is C13H15NO2. The number of nitrogens with two attached hydrogens (primary N) is 1. The zero-order chi connectivity index (χ0) is 12.1. The van der Waals surface area contributed by atoms with Crippen molar-refractivity contribution >= 4 is 17.1 Å². The van der Waals surface area contributed by atoms with E-state index in [9.17, 15) is 9.59 Å². The molecule has 84 valence electrons. The molecule has 16 heavy (non-hydrogen) atoms. The third kappa shape index (κ3) is 2.87. The zero-order valence-corrected chi connectivity index (χ0v) is 9.32. The molecule has 3 heteroatoms. The Morgan fingerprint density at radius 3 is 2.50 bits per heavy atom. The molecule has 0 aliphatic rings. The maximum atomic E-state index is 11.7. The van der Waals surface area contributed by atoms with Crippen LogP contribution in [-0.2, 0) is 16.1 Å². The van der Waals surface area contributed by atoms with Crippen molar-refractivity contribution in [1.82, 2.24) is 0 Å². The van der Waals surface area contributed by atoms with Crippen LogP contribution in [0.25, 0.3) is 5.57 Å². The molecule has 0 unspecified atom stereocenters. The van der Waals surface area contributed by atoms with Gasteiger partial charge in [-0.25, -0.2) is 0 Å².